The van der Waals surface area contributed by atoms with Gasteiger partial charge in [-0.3, -0.25) is 15.1 Å². The lowest BCUT2D eigenvalue weighted by Gasteiger charge is -2.16. The standard InChI is InChI=1S/C14H16FN3O2S/c1-3-21-8-9(2)17-14-11(15)7-12(18(19)20)10-5-4-6-16-13(10)14/h4-7,9,17H,3,8H2,1-2H3. The summed E-state index contributed by atoms with van der Waals surface area (Å²) in [5, 5.41) is 14.4. The van der Waals surface area contributed by atoms with E-state index >= 15 is 0 Å². The number of halogens is 1. The molecular weight excluding hydrogens is 293 g/mol. The SMILES string of the molecule is CCSCC(C)Nc1c(F)cc([N+](=O)[O-])c2cccnc12. The first kappa shape index (κ1) is 15.5. The van der Waals surface area contributed by atoms with E-state index in [2.05, 4.69) is 17.2 Å². The van der Waals surface area contributed by atoms with Crippen LogP contribution in [0.5, 0.6) is 0 Å². The Morgan fingerprint density at radius 2 is 2.33 bits per heavy atom. The number of fused-ring (bicyclic) bond motifs is 1. The maximum Gasteiger partial charge on any atom is 0.281 e. The van der Waals surface area contributed by atoms with Gasteiger partial charge in [0.25, 0.3) is 5.69 Å². The molecule has 7 heteroatoms. The van der Waals surface area contributed by atoms with Gasteiger partial charge in [-0.15, -0.1) is 0 Å². The zero-order valence-corrected chi connectivity index (χ0v) is 12.6. The number of thioether (sulfide) groups is 1. The lowest BCUT2D eigenvalue weighted by molar-refractivity contribution is -0.383. The Morgan fingerprint density at radius 1 is 1.57 bits per heavy atom. The molecule has 0 saturated carbocycles. The van der Waals surface area contributed by atoms with Crippen molar-refractivity contribution in [1.29, 1.82) is 0 Å². The molecule has 1 aromatic heterocycles. The van der Waals surface area contributed by atoms with Crippen molar-refractivity contribution in [3.05, 3.63) is 40.3 Å². The molecule has 0 amide bonds. The predicted octanol–water partition coefficient (Wildman–Crippen LogP) is 3.84. The van der Waals surface area contributed by atoms with Crippen LogP contribution in [0.25, 0.3) is 10.9 Å². The molecule has 0 radical (unpaired) electrons. The fourth-order valence-electron chi connectivity index (χ4n) is 2.07. The van der Waals surface area contributed by atoms with Gasteiger partial charge in [0, 0.05) is 18.0 Å². The van der Waals surface area contributed by atoms with Gasteiger partial charge in [-0.25, -0.2) is 4.39 Å². The molecule has 21 heavy (non-hydrogen) atoms. The second-order valence-electron chi connectivity index (χ2n) is 4.61. The molecular formula is C14H16FN3O2S. The maximum atomic E-state index is 14.2. The van der Waals surface area contributed by atoms with E-state index in [4.69, 9.17) is 0 Å². The van der Waals surface area contributed by atoms with Gasteiger partial charge < -0.3 is 5.32 Å². The molecule has 1 N–H and O–H groups in total. The number of aromatic nitrogens is 1. The number of nitrogens with one attached hydrogen (secondary N) is 1. The van der Waals surface area contributed by atoms with Crippen molar-refractivity contribution in [3.63, 3.8) is 0 Å². The summed E-state index contributed by atoms with van der Waals surface area (Å²) >= 11 is 1.74. The second kappa shape index (κ2) is 6.71. The van der Waals surface area contributed by atoms with E-state index in [0.29, 0.717) is 5.39 Å². The molecule has 0 aliphatic heterocycles. The van der Waals surface area contributed by atoms with Crippen LogP contribution in [0.1, 0.15) is 13.8 Å². The summed E-state index contributed by atoms with van der Waals surface area (Å²) in [5.41, 5.74) is 0.245. The van der Waals surface area contributed by atoms with Crippen LogP contribution in [-0.4, -0.2) is 27.5 Å². The minimum absolute atomic E-state index is 0.0381. The number of rotatable bonds is 6. The number of pyridine rings is 1. The van der Waals surface area contributed by atoms with Crippen LogP contribution in [-0.2, 0) is 0 Å². The van der Waals surface area contributed by atoms with Gasteiger partial charge in [-0.1, -0.05) is 6.92 Å². The van der Waals surface area contributed by atoms with E-state index in [-0.39, 0.29) is 22.9 Å². The first-order valence-corrected chi connectivity index (χ1v) is 7.76. The molecule has 0 aliphatic rings. The minimum atomic E-state index is -0.652. The Hall–Kier alpha value is -1.89. The predicted molar refractivity (Wildman–Crippen MR) is 84.4 cm³/mol. The summed E-state index contributed by atoms with van der Waals surface area (Å²) in [6.45, 7) is 4.00. The number of benzene rings is 1. The number of anilines is 1. The fraction of sp³-hybridized carbons (Fsp3) is 0.357. The maximum absolute atomic E-state index is 14.2. The molecule has 0 aliphatic carbocycles. The Morgan fingerprint density at radius 3 is 3.00 bits per heavy atom. The molecule has 1 unspecified atom stereocenters. The van der Waals surface area contributed by atoms with E-state index in [9.17, 15) is 14.5 Å². The van der Waals surface area contributed by atoms with Crippen LogP contribution in [0.2, 0.25) is 0 Å². The van der Waals surface area contributed by atoms with Crippen molar-refractivity contribution >= 4 is 34.0 Å². The van der Waals surface area contributed by atoms with E-state index in [1.165, 1.54) is 6.20 Å². The monoisotopic (exact) mass is 309 g/mol. The smallest absolute Gasteiger partial charge is 0.281 e. The molecule has 1 heterocycles. The largest absolute Gasteiger partial charge is 0.378 e. The number of nitro benzene ring substituents is 1. The molecule has 0 fully saturated rings. The first-order chi connectivity index (χ1) is 10.0. The number of hydrogen-bond donors (Lipinski definition) is 1. The van der Waals surface area contributed by atoms with Gasteiger partial charge in [-0.05, 0) is 24.8 Å². The van der Waals surface area contributed by atoms with Crippen molar-refractivity contribution < 1.29 is 9.31 Å². The summed E-state index contributed by atoms with van der Waals surface area (Å²) in [7, 11) is 0. The topological polar surface area (TPSA) is 68.1 Å². The summed E-state index contributed by atoms with van der Waals surface area (Å²) in [6.07, 6.45) is 1.50. The Kier molecular flexibility index (Phi) is 4.95. The van der Waals surface area contributed by atoms with Crippen molar-refractivity contribution in [2.75, 3.05) is 16.8 Å². The fourth-order valence-corrected chi connectivity index (χ4v) is 2.74. The lowest BCUT2D eigenvalue weighted by atomic mass is 10.1. The molecule has 0 bridgehead atoms. The normalized spacial score (nSPS) is 12.3. The number of non-ortho nitro benzene ring substituents is 1. The van der Waals surface area contributed by atoms with E-state index in [1.54, 1.807) is 23.9 Å². The molecule has 5 nitrogen and oxygen atoms in total. The van der Waals surface area contributed by atoms with Crippen molar-refractivity contribution in [2.24, 2.45) is 0 Å². The van der Waals surface area contributed by atoms with Crippen molar-refractivity contribution in [2.45, 2.75) is 19.9 Å². The van der Waals surface area contributed by atoms with Gasteiger partial charge in [0.15, 0.2) is 5.82 Å². The molecule has 1 aromatic carbocycles. The first-order valence-electron chi connectivity index (χ1n) is 6.60. The zero-order chi connectivity index (χ0) is 15.4. The number of nitro groups is 1. The van der Waals surface area contributed by atoms with Gasteiger partial charge in [-0.2, -0.15) is 11.8 Å². The van der Waals surface area contributed by atoms with Crippen LogP contribution in [0.15, 0.2) is 24.4 Å². The number of nitrogens with zero attached hydrogens (tertiary/aromatic N) is 2. The van der Waals surface area contributed by atoms with Gasteiger partial charge >= 0.3 is 0 Å². The van der Waals surface area contributed by atoms with Gasteiger partial charge in [0.2, 0.25) is 0 Å². The molecule has 0 spiro atoms. The van der Waals surface area contributed by atoms with Crippen LogP contribution in [0.3, 0.4) is 0 Å². The third kappa shape index (κ3) is 3.41. The highest BCUT2D eigenvalue weighted by molar-refractivity contribution is 7.99. The minimum Gasteiger partial charge on any atom is -0.378 e. The second-order valence-corrected chi connectivity index (χ2v) is 5.93. The molecule has 112 valence electrons. The van der Waals surface area contributed by atoms with Gasteiger partial charge in [0.1, 0.15) is 5.52 Å². The highest BCUT2D eigenvalue weighted by atomic mass is 32.2. The molecule has 0 saturated heterocycles. The lowest BCUT2D eigenvalue weighted by Crippen LogP contribution is -2.19. The summed E-state index contributed by atoms with van der Waals surface area (Å²) < 4.78 is 14.2. The van der Waals surface area contributed by atoms with Crippen LogP contribution < -0.4 is 5.32 Å². The highest BCUT2D eigenvalue weighted by Crippen LogP contribution is 2.33. The third-order valence-corrected chi connectivity index (χ3v) is 4.13. The van der Waals surface area contributed by atoms with E-state index in [1.807, 2.05) is 6.92 Å². The van der Waals surface area contributed by atoms with E-state index in [0.717, 1.165) is 17.6 Å². The highest BCUT2D eigenvalue weighted by Gasteiger charge is 2.20. The Balaban J connectivity index is 2.47. The van der Waals surface area contributed by atoms with Crippen LogP contribution >= 0.6 is 11.8 Å². The third-order valence-electron chi connectivity index (χ3n) is 2.98. The summed E-state index contributed by atoms with van der Waals surface area (Å²) in [5.74, 6) is 1.15. The average molecular weight is 309 g/mol. The van der Waals surface area contributed by atoms with Crippen LogP contribution in [0.4, 0.5) is 15.8 Å². The average Bonchev–Trinajstić information content (AvgIpc) is 2.47. The molecule has 1 atom stereocenters. The van der Waals surface area contributed by atoms with Crippen molar-refractivity contribution in [1.82, 2.24) is 4.98 Å². The quantitative estimate of drug-likeness (QED) is 0.648. The Labute approximate surface area is 126 Å². The molecule has 2 aromatic rings. The van der Waals surface area contributed by atoms with Crippen molar-refractivity contribution in [3.8, 4) is 0 Å². The zero-order valence-electron chi connectivity index (χ0n) is 11.8. The summed E-state index contributed by atoms with van der Waals surface area (Å²) in [4.78, 5) is 14.5. The molecule has 2 rings (SSSR count). The number of hydrogen-bond acceptors (Lipinski definition) is 5. The Bertz CT molecular complexity index is 666. The van der Waals surface area contributed by atoms with Crippen LogP contribution in [0, 0.1) is 15.9 Å². The van der Waals surface area contributed by atoms with E-state index < -0.39 is 10.7 Å². The summed E-state index contributed by atoms with van der Waals surface area (Å²) in [6, 6.07) is 4.17. The van der Waals surface area contributed by atoms with Gasteiger partial charge in [0.05, 0.1) is 22.1 Å².